The zero-order chi connectivity index (χ0) is 17.4. The van der Waals surface area contributed by atoms with Crippen LogP contribution in [0.2, 0.25) is 0 Å². The van der Waals surface area contributed by atoms with Crippen molar-refractivity contribution < 1.29 is 9.59 Å². The maximum absolute atomic E-state index is 12.9. The molecule has 2 aromatic rings. The first-order valence-corrected chi connectivity index (χ1v) is 8.67. The number of carbonyl (C=O) groups is 2. The maximum Gasteiger partial charge on any atom is 0.249 e. The summed E-state index contributed by atoms with van der Waals surface area (Å²) in [5.41, 5.74) is 4.87. The fraction of sp³-hybridized carbons (Fsp3) is 0.300. The Morgan fingerprint density at radius 3 is 2.72 bits per heavy atom. The van der Waals surface area contributed by atoms with Crippen LogP contribution in [0.25, 0.3) is 0 Å². The summed E-state index contributed by atoms with van der Waals surface area (Å²) in [6, 6.07) is 13.6. The van der Waals surface area contributed by atoms with E-state index in [9.17, 15) is 9.59 Å². The molecule has 0 aromatic heterocycles. The summed E-state index contributed by atoms with van der Waals surface area (Å²) in [4.78, 5) is 26.2. The Morgan fingerprint density at radius 1 is 1.12 bits per heavy atom. The van der Waals surface area contributed by atoms with Crippen molar-refractivity contribution in [2.45, 2.75) is 32.2 Å². The van der Waals surface area contributed by atoms with Crippen molar-refractivity contribution in [2.24, 2.45) is 0 Å². The molecule has 128 valence electrons. The van der Waals surface area contributed by atoms with Gasteiger partial charge in [-0.3, -0.25) is 9.59 Å². The molecule has 1 fully saturated rings. The summed E-state index contributed by atoms with van der Waals surface area (Å²) >= 11 is 0. The number of aryl methyl sites for hydroxylation is 1. The van der Waals surface area contributed by atoms with Crippen molar-refractivity contribution >= 4 is 28.9 Å². The highest BCUT2D eigenvalue weighted by atomic mass is 16.2. The second kappa shape index (κ2) is 6.24. The smallest absolute Gasteiger partial charge is 0.249 e. The average molecular weight is 335 g/mol. The van der Waals surface area contributed by atoms with Crippen molar-refractivity contribution in [2.75, 3.05) is 22.1 Å². The average Bonchev–Trinajstić information content (AvgIpc) is 2.97. The Balaban J connectivity index is 1.51. The Morgan fingerprint density at radius 2 is 1.92 bits per heavy atom. The summed E-state index contributed by atoms with van der Waals surface area (Å²) in [5, 5.41) is 6.18. The van der Waals surface area contributed by atoms with Gasteiger partial charge in [-0.25, -0.2) is 0 Å². The molecule has 5 nitrogen and oxygen atoms in total. The number of hydrogen-bond donors (Lipinski definition) is 2. The van der Waals surface area contributed by atoms with Gasteiger partial charge in [-0.1, -0.05) is 17.7 Å². The first-order chi connectivity index (χ1) is 12.1. The molecule has 5 heteroatoms. The molecule has 2 aliphatic heterocycles. The molecule has 2 N–H and O–H groups in total. The molecular formula is C20H21N3O2. The lowest BCUT2D eigenvalue weighted by atomic mass is 10.0. The van der Waals surface area contributed by atoms with E-state index in [1.165, 1.54) is 5.56 Å². The minimum absolute atomic E-state index is 0.0199. The van der Waals surface area contributed by atoms with Crippen LogP contribution < -0.4 is 15.5 Å². The van der Waals surface area contributed by atoms with Crippen molar-refractivity contribution in [3.8, 4) is 0 Å². The number of nitrogens with one attached hydrogen (secondary N) is 2. The van der Waals surface area contributed by atoms with Crippen molar-refractivity contribution in [1.29, 1.82) is 0 Å². The van der Waals surface area contributed by atoms with Gasteiger partial charge in [0.1, 0.15) is 6.04 Å². The van der Waals surface area contributed by atoms with Crippen LogP contribution >= 0.6 is 0 Å². The third-order valence-corrected chi connectivity index (χ3v) is 4.86. The second-order valence-corrected chi connectivity index (χ2v) is 6.76. The molecule has 1 atom stereocenters. The minimum Gasteiger partial charge on any atom is -0.374 e. The predicted molar refractivity (Wildman–Crippen MR) is 99.0 cm³/mol. The molecule has 0 aliphatic carbocycles. The number of carbonyl (C=O) groups excluding carboxylic acids is 2. The first-order valence-electron chi connectivity index (χ1n) is 8.67. The number of nitrogens with zero attached hydrogens (tertiary/aromatic N) is 1. The molecule has 2 heterocycles. The fourth-order valence-corrected chi connectivity index (χ4v) is 3.51. The van der Waals surface area contributed by atoms with E-state index in [0.29, 0.717) is 6.42 Å². The number of fused-ring (bicyclic) bond motifs is 1. The van der Waals surface area contributed by atoms with Crippen molar-refractivity contribution in [3.63, 3.8) is 0 Å². The van der Waals surface area contributed by atoms with Crippen LogP contribution in [-0.4, -0.2) is 24.4 Å². The number of hydrogen-bond acceptors (Lipinski definition) is 3. The Kier molecular flexibility index (Phi) is 3.92. The fourth-order valence-electron chi connectivity index (χ4n) is 3.51. The molecule has 0 spiro atoms. The summed E-state index contributed by atoms with van der Waals surface area (Å²) < 4.78 is 0. The van der Waals surface area contributed by atoms with Gasteiger partial charge in [0.05, 0.1) is 6.42 Å². The van der Waals surface area contributed by atoms with Gasteiger partial charge in [-0.2, -0.15) is 0 Å². The van der Waals surface area contributed by atoms with E-state index in [4.69, 9.17) is 0 Å². The Labute approximate surface area is 147 Å². The van der Waals surface area contributed by atoms with Crippen LogP contribution in [0.3, 0.4) is 0 Å². The van der Waals surface area contributed by atoms with Gasteiger partial charge in [-0.05, 0) is 55.7 Å². The quantitative estimate of drug-likeness (QED) is 0.906. The van der Waals surface area contributed by atoms with Gasteiger partial charge in [0.2, 0.25) is 11.8 Å². The van der Waals surface area contributed by atoms with Crippen LogP contribution in [0.1, 0.15) is 24.0 Å². The molecular weight excluding hydrogens is 314 g/mol. The third kappa shape index (κ3) is 3.09. The van der Waals surface area contributed by atoms with Crippen molar-refractivity contribution in [3.05, 3.63) is 53.6 Å². The van der Waals surface area contributed by atoms with E-state index in [0.717, 1.165) is 42.0 Å². The second-order valence-electron chi connectivity index (χ2n) is 6.76. The van der Waals surface area contributed by atoms with E-state index in [-0.39, 0.29) is 17.9 Å². The molecule has 4 rings (SSSR count). The van der Waals surface area contributed by atoms with E-state index >= 15 is 0 Å². The molecule has 2 amide bonds. The normalized spacial score (nSPS) is 19.6. The van der Waals surface area contributed by atoms with Crippen molar-refractivity contribution in [1.82, 2.24) is 0 Å². The van der Waals surface area contributed by atoms with Gasteiger partial charge in [0.25, 0.3) is 0 Å². The molecule has 0 bridgehead atoms. The van der Waals surface area contributed by atoms with Crippen LogP contribution in [-0.2, 0) is 16.0 Å². The lowest BCUT2D eigenvalue weighted by molar-refractivity contribution is -0.120. The molecule has 0 radical (unpaired) electrons. The van der Waals surface area contributed by atoms with Crippen LogP contribution in [0.5, 0.6) is 0 Å². The zero-order valence-corrected chi connectivity index (χ0v) is 14.2. The van der Waals surface area contributed by atoms with Crippen LogP contribution in [0, 0.1) is 6.92 Å². The number of benzene rings is 2. The maximum atomic E-state index is 12.9. The molecule has 0 saturated carbocycles. The highest BCUT2D eigenvalue weighted by molar-refractivity contribution is 6.01. The molecule has 0 unspecified atom stereocenters. The van der Waals surface area contributed by atoms with Crippen LogP contribution in [0.4, 0.5) is 17.1 Å². The third-order valence-electron chi connectivity index (χ3n) is 4.86. The summed E-state index contributed by atoms with van der Waals surface area (Å²) in [6.45, 7) is 2.79. The topological polar surface area (TPSA) is 61.4 Å². The lowest BCUT2D eigenvalue weighted by Gasteiger charge is -2.33. The number of amides is 2. The molecule has 2 aliphatic rings. The number of anilines is 3. The highest BCUT2D eigenvalue weighted by Gasteiger charge is 2.30. The van der Waals surface area contributed by atoms with Crippen LogP contribution in [0.15, 0.2) is 42.5 Å². The SMILES string of the molecule is Cc1ccc(N2CCC[C@@H](Nc3ccc4c(c3)CC(=O)N4)C2=O)cc1. The number of piperidine rings is 1. The monoisotopic (exact) mass is 335 g/mol. The van der Waals surface area contributed by atoms with E-state index in [1.54, 1.807) is 0 Å². The van der Waals surface area contributed by atoms with E-state index < -0.39 is 0 Å². The minimum atomic E-state index is -0.238. The standard InChI is InChI=1S/C20H21N3O2/c1-13-4-7-16(8-5-13)23-10-2-3-18(20(23)25)21-15-6-9-17-14(11-15)12-19(24)22-17/h4-9,11,18,21H,2-3,10,12H2,1H3,(H,22,24)/t18-/m1/s1. The Hall–Kier alpha value is -2.82. The van der Waals surface area contributed by atoms with Gasteiger partial charge in [0.15, 0.2) is 0 Å². The largest absolute Gasteiger partial charge is 0.374 e. The summed E-state index contributed by atoms with van der Waals surface area (Å²) in [7, 11) is 0. The van der Waals surface area contributed by atoms with Gasteiger partial charge in [0, 0.05) is 23.6 Å². The molecule has 2 aromatic carbocycles. The molecule has 25 heavy (non-hydrogen) atoms. The predicted octanol–water partition coefficient (Wildman–Crippen LogP) is 3.10. The highest BCUT2D eigenvalue weighted by Crippen LogP contribution is 2.28. The zero-order valence-electron chi connectivity index (χ0n) is 14.2. The summed E-state index contributed by atoms with van der Waals surface area (Å²) in [5.74, 6) is 0.122. The molecule has 1 saturated heterocycles. The first kappa shape index (κ1) is 15.7. The van der Waals surface area contributed by atoms with E-state index in [2.05, 4.69) is 10.6 Å². The summed E-state index contributed by atoms with van der Waals surface area (Å²) in [6.07, 6.45) is 2.18. The van der Waals surface area contributed by atoms with Gasteiger partial charge >= 0.3 is 0 Å². The lowest BCUT2D eigenvalue weighted by Crippen LogP contribution is -2.47. The van der Waals surface area contributed by atoms with Gasteiger partial charge in [-0.15, -0.1) is 0 Å². The van der Waals surface area contributed by atoms with E-state index in [1.807, 2.05) is 54.3 Å². The Bertz CT molecular complexity index is 829. The number of rotatable bonds is 3. The van der Waals surface area contributed by atoms with Gasteiger partial charge < -0.3 is 15.5 Å².